The van der Waals surface area contributed by atoms with Gasteiger partial charge in [-0.25, -0.2) is 4.79 Å². The zero-order valence-electron chi connectivity index (χ0n) is 10.8. The Hall–Kier alpha value is -1.02. The smallest absolute Gasteiger partial charge is 0.371 e. The van der Waals surface area contributed by atoms with Gasteiger partial charge in [0, 0.05) is 12.9 Å². The van der Waals surface area contributed by atoms with E-state index in [1.807, 2.05) is 0 Å². The van der Waals surface area contributed by atoms with E-state index in [4.69, 9.17) is 23.7 Å². The lowest BCUT2D eigenvalue weighted by molar-refractivity contribution is 0.0286. The molecule has 7 heteroatoms. The monoisotopic (exact) mass is 290 g/mol. The maximum atomic E-state index is 10.6. The summed E-state index contributed by atoms with van der Waals surface area (Å²) < 4.78 is 20.5. The van der Waals surface area contributed by atoms with Crippen LogP contribution in [-0.2, 0) is 14.2 Å². The van der Waals surface area contributed by atoms with Crippen LogP contribution in [0.15, 0.2) is 21.6 Å². The van der Waals surface area contributed by atoms with Gasteiger partial charge in [-0.15, -0.1) is 0 Å². The van der Waals surface area contributed by atoms with Gasteiger partial charge in [0.2, 0.25) is 5.76 Å². The van der Waals surface area contributed by atoms with Crippen LogP contribution in [0.25, 0.3) is 0 Å². The van der Waals surface area contributed by atoms with Gasteiger partial charge in [-0.1, -0.05) is 11.8 Å². The van der Waals surface area contributed by atoms with E-state index in [1.54, 1.807) is 13.2 Å². The fourth-order valence-electron chi connectivity index (χ4n) is 1.18. The highest BCUT2D eigenvalue weighted by atomic mass is 32.2. The molecular formula is C12H18O6S. The minimum Gasteiger partial charge on any atom is -0.475 e. The second-order valence-corrected chi connectivity index (χ2v) is 4.59. The van der Waals surface area contributed by atoms with Crippen molar-refractivity contribution in [3.63, 3.8) is 0 Å². The van der Waals surface area contributed by atoms with Crippen LogP contribution in [0.1, 0.15) is 10.6 Å². The Labute approximate surface area is 116 Å². The molecule has 108 valence electrons. The maximum absolute atomic E-state index is 10.6. The zero-order chi connectivity index (χ0) is 13.9. The molecule has 1 rings (SSSR count). The third kappa shape index (κ3) is 7.22. The van der Waals surface area contributed by atoms with Crippen molar-refractivity contribution in [3.8, 4) is 0 Å². The molecule has 1 heterocycles. The lowest BCUT2D eigenvalue weighted by atomic mass is 10.5. The molecule has 1 aromatic heterocycles. The van der Waals surface area contributed by atoms with E-state index in [1.165, 1.54) is 17.8 Å². The number of furan rings is 1. The summed E-state index contributed by atoms with van der Waals surface area (Å²) >= 11 is 1.41. The fraction of sp³-hybridized carbons (Fsp3) is 0.583. The first kappa shape index (κ1) is 16.0. The summed E-state index contributed by atoms with van der Waals surface area (Å²) in [5.41, 5.74) is 0. The predicted octanol–water partition coefficient (Wildman–Crippen LogP) is 1.75. The second-order valence-electron chi connectivity index (χ2n) is 3.49. The lowest BCUT2D eigenvalue weighted by Crippen LogP contribution is -2.09. The van der Waals surface area contributed by atoms with Crippen LogP contribution in [-0.4, -0.2) is 57.0 Å². The zero-order valence-corrected chi connectivity index (χ0v) is 11.6. The van der Waals surface area contributed by atoms with Gasteiger partial charge < -0.3 is 23.7 Å². The van der Waals surface area contributed by atoms with Crippen LogP contribution in [0, 0.1) is 0 Å². The van der Waals surface area contributed by atoms with Gasteiger partial charge in [0.05, 0.1) is 33.0 Å². The molecule has 0 atom stereocenters. The van der Waals surface area contributed by atoms with Crippen LogP contribution < -0.4 is 0 Å². The van der Waals surface area contributed by atoms with Crippen molar-refractivity contribution in [1.82, 2.24) is 0 Å². The molecule has 19 heavy (non-hydrogen) atoms. The number of rotatable bonds is 11. The quantitative estimate of drug-likeness (QED) is 0.491. The molecule has 1 N–H and O–H groups in total. The number of hydrogen-bond acceptors (Lipinski definition) is 6. The SMILES string of the molecule is COCCOCCOCCSc1ccc(C(=O)O)o1. The van der Waals surface area contributed by atoms with E-state index in [0.29, 0.717) is 43.9 Å². The van der Waals surface area contributed by atoms with Gasteiger partial charge in [-0.3, -0.25) is 0 Å². The summed E-state index contributed by atoms with van der Waals surface area (Å²) in [5.74, 6) is -0.406. The molecule has 6 nitrogen and oxygen atoms in total. The Balaban J connectivity index is 1.97. The number of aromatic carboxylic acids is 1. The molecule has 0 aliphatic heterocycles. The Morgan fingerprint density at radius 1 is 1.21 bits per heavy atom. The number of carboxylic acids is 1. The van der Waals surface area contributed by atoms with Crippen LogP contribution in [0.4, 0.5) is 0 Å². The summed E-state index contributed by atoms with van der Waals surface area (Å²) in [4.78, 5) is 10.6. The number of thioether (sulfide) groups is 1. The van der Waals surface area contributed by atoms with E-state index >= 15 is 0 Å². The first-order valence-corrected chi connectivity index (χ1v) is 6.83. The highest BCUT2D eigenvalue weighted by molar-refractivity contribution is 7.99. The molecule has 0 unspecified atom stereocenters. The van der Waals surface area contributed by atoms with Gasteiger partial charge in [0.15, 0.2) is 5.09 Å². The average Bonchev–Trinajstić information content (AvgIpc) is 2.86. The summed E-state index contributed by atoms with van der Waals surface area (Å²) in [6, 6.07) is 3.08. The van der Waals surface area contributed by atoms with E-state index in [9.17, 15) is 4.79 Å². The molecular weight excluding hydrogens is 272 g/mol. The standard InChI is InChI=1S/C12H18O6S/c1-15-4-5-16-6-7-17-8-9-19-11-3-2-10(18-11)12(13)14/h2-3H,4-9H2,1H3,(H,13,14). The summed E-state index contributed by atoms with van der Waals surface area (Å²) in [5, 5.41) is 9.26. The van der Waals surface area contributed by atoms with Crippen LogP contribution in [0.3, 0.4) is 0 Å². The molecule has 0 spiro atoms. The van der Waals surface area contributed by atoms with Gasteiger partial charge >= 0.3 is 5.97 Å². The lowest BCUT2D eigenvalue weighted by Gasteiger charge is -2.04. The van der Waals surface area contributed by atoms with Crippen molar-refractivity contribution in [1.29, 1.82) is 0 Å². The van der Waals surface area contributed by atoms with Gasteiger partial charge in [-0.2, -0.15) is 0 Å². The third-order valence-electron chi connectivity index (χ3n) is 2.07. The molecule has 1 aromatic rings. The Morgan fingerprint density at radius 3 is 2.53 bits per heavy atom. The van der Waals surface area contributed by atoms with Crippen molar-refractivity contribution >= 4 is 17.7 Å². The average molecular weight is 290 g/mol. The molecule has 0 aliphatic carbocycles. The van der Waals surface area contributed by atoms with Gasteiger partial charge in [0.25, 0.3) is 0 Å². The second kappa shape index (κ2) is 9.85. The van der Waals surface area contributed by atoms with Crippen LogP contribution in [0.2, 0.25) is 0 Å². The van der Waals surface area contributed by atoms with E-state index in [0.717, 1.165) is 0 Å². The van der Waals surface area contributed by atoms with E-state index in [-0.39, 0.29) is 5.76 Å². The summed E-state index contributed by atoms with van der Waals surface area (Å²) in [7, 11) is 1.63. The largest absolute Gasteiger partial charge is 0.475 e. The number of hydrogen-bond donors (Lipinski definition) is 1. The van der Waals surface area contributed by atoms with Crippen LogP contribution >= 0.6 is 11.8 Å². The molecule has 0 amide bonds. The topological polar surface area (TPSA) is 78.1 Å². The molecule has 0 bridgehead atoms. The molecule has 0 radical (unpaired) electrons. The molecule has 0 saturated heterocycles. The Bertz CT molecular complexity index is 365. The van der Waals surface area contributed by atoms with Crippen molar-refractivity contribution < 1.29 is 28.5 Å². The molecule has 0 aliphatic rings. The summed E-state index contributed by atoms with van der Waals surface area (Å²) in [6.45, 7) is 2.78. The number of carboxylic acid groups (broad SMARTS) is 1. The highest BCUT2D eigenvalue weighted by Crippen LogP contribution is 2.20. The molecule has 0 aromatic carbocycles. The first-order chi connectivity index (χ1) is 9.24. The molecule has 0 fully saturated rings. The van der Waals surface area contributed by atoms with Crippen molar-refractivity contribution in [3.05, 3.63) is 17.9 Å². The normalized spacial score (nSPS) is 10.8. The summed E-state index contributed by atoms with van der Waals surface area (Å²) in [6.07, 6.45) is 0. The van der Waals surface area contributed by atoms with Crippen molar-refractivity contribution in [2.45, 2.75) is 5.09 Å². The number of methoxy groups -OCH3 is 1. The third-order valence-corrected chi connectivity index (χ3v) is 2.94. The Morgan fingerprint density at radius 2 is 1.89 bits per heavy atom. The van der Waals surface area contributed by atoms with Gasteiger partial charge in [-0.05, 0) is 12.1 Å². The van der Waals surface area contributed by atoms with Crippen molar-refractivity contribution in [2.75, 3.05) is 45.9 Å². The number of carbonyl (C=O) groups is 1. The predicted molar refractivity (Wildman–Crippen MR) is 69.9 cm³/mol. The minimum atomic E-state index is -1.06. The van der Waals surface area contributed by atoms with Crippen molar-refractivity contribution in [2.24, 2.45) is 0 Å². The van der Waals surface area contributed by atoms with Crippen LogP contribution in [0.5, 0.6) is 0 Å². The number of ether oxygens (including phenoxy) is 3. The first-order valence-electron chi connectivity index (χ1n) is 5.84. The highest BCUT2D eigenvalue weighted by Gasteiger charge is 2.08. The Kier molecular flexibility index (Phi) is 8.31. The maximum Gasteiger partial charge on any atom is 0.371 e. The van der Waals surface area contributed by atoms with E-state index in [2.05, 4.69) is 0 Å². The van der Waals surface area contributed by atoms with E-state index < -0.39 is 5.97 Å². The van der Waals surface area contributed by atoms with Gasteiger partial charge in [0.1, 0.15) is 0 Å². The minimum absolute atomic E-state index is 0.0463. The fourth-order valence-corrected chi connectivity index (χ4v) is 1.89. The molecule has 0 saturated carbocycles.